The van der Waals surface area contributed by atoms with Crippen LogP contribution in [-0.2, 0) is 16.6 Å². The van der Waals surface area contributed by atoms with Crippen LogP contribution in [0.25, 0.3) is 0 Å². The van der Waals surface area contributed by atoms with E-state index in [0.717, 1.165) is 10.0 Å². The van der Waals surface area contributed by atoms with Crippen molar-refractivity contribution < 1.29 is 8.42 Å². The van der Waals surface area contributed by atoms with E-state index in [4.69, 9.17) is 23.2 Å². The summed E-state index contributed by atoms with van der Waals surface area (Å²) in [7, 11) is -3.75. The van der Waals surface area contributed by atoms with E-state index in [2.05, 4.69) is 41.7 Å². The number of benzene rings is 2. The van der Waals surface area contributed by atoms with Gasteiger partial charge in [0, 0.05) is 20.7 Å². The molecule has 2 aromatic carbocycles. The predicted molar refractivity (Wildman–Crippen MR) is 110 cm³/mol. The molecule has 0 spiro atoms. The minimum atomic E-state index is -3.75. The van der Waals surface area contributed by atoms with E-state index in [-0.39, 0.29) is 10.7 Å². The smallest absolute Gasteiger partial charge is 0.263 e. The van der Waals surface area contributed by atoms with E-state index in [9.17, 15) is 8.42 Å². The molecule has 0 radical (unpaired) electrons. The first kappa shape index (κ1) is 19.7. The molecule has 3 aromatic rings. The molecule has 0 atom stereocenters. The highest BCUT2D eigenvalue weighted by Crippen LogP contribution is 2.26. The fraction of sp³-hybridized carbons (Fsp3) is 0.0625. The van der Waals surface area contributed by atoms with Crippen molar-refractivity contribution >= 4 is 70.9 Å². The molecule has 5 nitrogen and oxygen atoms in total. The highest BCUT2D eigenvalue weighted by molar-refractivity contribution is 9.10. The summed E-state index contributed by atoms with van der Waals surface area (Å²) in [5.41, 5.74) is 0.813. The first-order valence-electron chi connectivity index (χ1n) is 7.20. The maximum absolute atomic E-state index is 12.5. The third-order valence-corrected chi connectivity index (χ3v) is 6.47. The second-order valence-electron chi connectivity index (χ2n) is 5.32. The van der Waals surface area contributed by atoms with Crippen LogP contribution < -0.4 is 4.72 Å². The van der Waals surface area contributed by atoms with Crippen LogP contribution >= 0.6 is 55.1 Å². The minimum Gasteiger partial charge on any atom is -0.265 e. The summed E-state index contributed by atoms with van der Waals surface area (Å²) < 4.78 is 30.4. The van der Waals surface area contributed by atoms with Crippen LogP contribution in [0.4, 0.5) is 5.82 Å². The summed E-state index contributed by atoms with van der Waals surface area (Å²) in [6.07, 6.45) is 1.67. The first-order chi connectivity index (χ1) is 12.2. The Morgan fingerprint density at radius 1 is 1.08 bits per heavy atom. The van der Waals surface area contributed by atoms with E-state index in [0.29, 0.717) is 21.1 Å². The van der Waals surface area contributed by atoms with Gasteiger partial charge in [-0.2, -0.15) is 5.10 Å². The Bertz CT molecular complexity index is 1050. The van der Waals surface area contributed by atoms with Gasteiger partial charge in [-0.3, -0.25) is 9.40 Å². The van der Waals surface area contributed by atoms with E-state index in [1.807, 2.05) is 0 Å². The lowest BCUT2D eigenvalue weighted by molar-refractivity contribution is 0.600. The SMILES string of the molecule is O=S(=O)(Nc1nn(Cc2ccc(Cl)cc2Cl)cc1Br)c1ccc(Br)cc1. The molecule has 0 amide bonds. The van der Waals surface area contributed by atoms with Gasteiger partial charge in [-0.15, -0.1) is 0 Å². The maximum Gasteiger partial charge on any atom is 0.263 e. The van der Waals surface area contributed by atoms with Crippen molar-refractivity contribution in [3.8, 4) is 0 Å². The molecule has 0 fully saturated rings. The lowest BCUT2D eigenvalue weighted by atomic mass is 10.2. The molecule has 136 valence electrons. The van der Waals surface area contributed by atoms with Gasteiger partial charge in [-0.05, 0) is 57.9 Å². The van der Waals surface area contributed by atoms with Crippen molar-refractivity contribution in [1.82, 2.24) is 9.78 Å². The van der Waals surface area contributed by atoms with Crippen LogP contribution in [0.5, 0.6) is 0 Å². The highest BCUT2D eigenvalue weighted by Gasteiger charge is 2.18. The average Bonchev–Trinajstić information content (AvgIpc) is 2.89. The number of nitrogens with one attached hydrogen (secondary N) is 1. The summed E-state index contributed by atoms with van der Waals surface area (Å²) in [4.78, 5) is 0.142. The van der Waals surface area contributed by atoms with Crippen molar-refractivity contribution in [1.29, 1.82) is 0 Å². The molecule has 0 saturated heterocycles. The van der Waals surface area contributed by atoms with Gasteiger partial charge in [0.2, 0.25) is 0 Å². The summed E-state index contributed by atoms with van der Waals surface area (Å²) in [6.45, 7) is 0.370. The number of nitrogens with zero attached hydrogens (tertiary/aromatic N) is 2. The largest absolute Gasteiger partial charge is 0.265 e. The number of halogens is 4. The van der Waals surface area contributed by atoms with Gasteiger partial charge in [0.05, 0.1) is 15.9 Å². The molecule has 0 aliphatic carbocycles. The van der Waals surface area contributed by atoms with Crippen molar-refractivity contribution in [3.05, 3.63) is 73.2 Å². The van der Waals surface area contributed by atoms with E-state index in [1.165, 1.54) is 12.1 Å². The Labute approximate surface area is 177 Å². The Morgan fingerprint density at radius 2 is 1.77 bits per heavy atom. The van der Waals surface area contributed by atoms with E-state index >= 15 is 0 Å². The van der Waals surface area contributed by atoms with Crippen LogP contribution in [0.1, 0.15) is 5.56 Å². The van der Waals surface area contributed by atoms with Crippen LogP contribution in [-0.4, -0.2) is 18.2 Å². The van der Waals surface area contributed by atoms with Gasteiger partial charge in [-0.1, -0.05) is 45.2 Å². The van der Waals surface area contributed by atoms with Gasteiger partial charge >= 0.3 is 0 Å². The van der Waals surface area contributed by atoms with Crippen LogP contribution in [0.2, 0.25) is 10.0 Å². The molecule has 1 heterocycles. The third kappa shape index (κ3) is 4.61. The lowest BCUT2D eigenvalue weighted by Crippen LogP contribution is -2.14. The molecule has 1 aromatic heterocycles. The first-order valence-corrected chi connectivity index (χ1v) is 11.0. The molecule has 0 unspecified atom stereocenters. The van der Waals surface area contributed by atoms with Crippen LogP contribution in [0.15, 0.2) is 62.5 Å². The quantitative estimate of drug-likeness (QED) is 0.461. The van der Waals surface area contributed by atoms with Gasteiger partial charge in [-0.25, -0.2) is 8.42 Å². The normalized spacial score (nSPS) is 11.5. The topological polar surface area (TPSA) is 64.0 Å². The fourth-order valence-corrected chi connectivity index (χ4v) is 4.47. The fourth-order valence-electron chi connectivity index (χ4n) is 2.17. The van der Waals surface area contributed by atoms with E-state index < -0.39 is 10.0 Å². The lowest BCUT2D eigenvalue weighted by Gasteiger charge is -2.07. The highest BCUT2D eigenvalue weighted by atomic mass is 79.9. The molecule has 26 heavy (non-hydrogen) atoms. The van der Waals surface area contributed by atoms with Crippen molar-refractivity contribution in [2.75, 3.05) is 4.72 Å². The Morgan fingerprint density at radius 3 is 2.42 bits per heavy atom. The number of aromatic nitrogens is 2. The summed E-state index contributed by atoms with van der Waals surface area (Å²) in [5, 5.41) is 5.34. The standard InChI is InChI=1S/C16H11Br2Cl2N3O2S/c17-11-2-5-13(6-3-11)26(24,25)22-16-14(18)9-23(21-16)8-10-1-4-12(19)7-15(10)20/h1-7,9H,8H2,(H,21,22). The van der Waals surface area contributed by atoms with E-state index in [1.54, 1.807) is 41.2 Å². The molecular weight excluding hydrogens is 529 g/mol. The van der Waals surface area contributed by atoms with Gasteiger partial charge in [0.15, 0.2) is 5.82 Å². The van der Waals surface area contributed by atoms with Gasteiger partial charge in [0.25, 0.3) is 10.0 Å². The third-order valence-electron chi connectivity index (χ3n) is 3.42. The summed E-state index contributed by atoms with van der Waals surface area (Å²) >= 11 is 18.7. The number of hydrogen-bond donors (Lipinski definition) is 1. The summed E-state index contributed by atoms with van der Waals surface area (Å²) in [6, 6.07) is 11.5. The number of anilines is 1. The van der Waals surface area contributed by atoms with Crippen molar-refractivity contribution in [3.63, 3.8) is 0 Å². The summed E-state index contributed by atoms with van der Waals surface area (Å²) in [5.74, 6) is 0.193. The van der Waals surface area contributed by atoms with Gasteiger partial charge in [0.1, 0.15) is 0 Å². The number of sulfonamides is 1. The zero-order chi connectivity index (χ0) is 18.9. The second kappa shape index (κ2) is 7.90. The zero-order valence-corrected chi connectivity index (χ0v) is 18.5. The maximum atomic E-state index is 12.5. The molecule has 3 rings (SSSR count). The molecule has 0 aliphatic rings. The number of rotatable bonds is 5. The number of hydrogen-bond acceptors (Lipinski definition) is 3. The molecule has 0 aliphatic heterocycles. The van der Waals surface area contributed by atoms with Crippen molar-refractivity contribution in [2.24, 2.45) is 0 Å². The zero-order valence-electron chi connectivity index (χ0n) is 13.0. The van der Waals surface area contributed by atoms with Crippen LogP contribution in [0, 0.1) is 0 Å². The Hall–Kier alpha value is -1.06. The minimum absolute atomic E-state index is 0.142. The molecule has 10 heteroatoms. The predicted octanol–water partition coefficient (Wildman–Crippen LogP) is 5.56. The molecule has 0 bridgehead atoms. The molecule has 0 saturated carbocycles. The average molecular weight is 540 g/mol. The van der Waals surface area contributed by atoms with Crippen molar-refractivity contribution in [2.45, 2.75) is 11.4 Å². The molecule has 1 N–H and O–H groups in total. The molecular formula is C16H11Br2Cl2N3O2S. The Kier molecular flexibility index (Phi) is 5.98. The van der Waals surface area contributed by atoms with Crippen LogP contribution in [0.3, 0.4) is 0 Å². The Balaban J connectivity index is 1.83. The second-order valence-corrected chi connectivity index (χ2v) is 9.61. The van der Waals surface area contributed by atoms with Gasteiger partial charge < -0.3 is 0 Å². The monoisotopic (exact) mass is 537 g/mol.